The average Bonchev–Trinajstić information content (AvgIpc) is 2.79. The third kappa shape index (κ3) is 2.27. The number of carboxylic acid groups (broad SMARTS) is 1. The van der Waals surface area contributed by atoms with Gasteiger partial charge in [0.1, 0.15) is 5.82 Å². The molecule has 0 aliphatic rings. The molecule has 0 atom stereocenters. The van der Waals surface area contributed by atoms with E-state index in [1.807, 2.05) is 0 Å². The Kier molecular flexibility index (Phi) is 2.99. The largest absolute Gasteiger partial charge is 0.478 e. The maximum atomic E-state index is 13.2. The van der Waals surface area contributed by atoms with E-state index in [1.165, 1.54) is 35.0 Å². The summed E-state index contributed by atoms with van der Waals surface area (Å²) in [6, 6.07) is 5.31. The van der Waals surface area contributed by atoms with E-state index in [9.17, 15) is 14.3 Å². The number of pyridine rings is 1. The zero-order valence-electron chi connectivity index (χ0n) is 10.4. The van der Waals surface area contributed by atoms with Crippen molar-refractivity contribution in [3.05, 3.63) is 46.9 Å². The van der Waals surface area contributed by atoms with E-state index in [0.29, 0.717) is 16.8 Å². The Hall–Kier alpha value is -2.67. The fraction of sp³-hybridized carbons (Fsp3) is 0. The second-order valence-electron chi connectivity index (χ2n) is 4.31. The molecule has 0 radical (unpaired) electrons. The lowest BCUT2D eigenvalue weighted by Gasteiger charge is -2.07. The molecule has 106 valence electrons. The first-order valence-electron chi connectivity index (χ1n) is 5.80. The monoisotopic (exact) mass is 306 g/mol. The fourth-order valence-corrected chi connectivity index (χ4v) is 2.20. The molecule has 3 N–H and O–H groups in total. The van der Waals surface area contributed by atoms with Crippen molar-refractivity contribution in [2.24, 2.45) is 0 Å². The van der Waals surface area contributed by atoms with Crippen LogP contribution >= 0.6 is 11.6 Å². The van der Waals surface area contributed by atoms with E-state index in [4.69, 9.17) is 17.3 Å². The summed E-state index contributed by atoms with van der Waals surface area (Å²) in [5.74, 6) is -1.70. The van der Waals surface area contributed by atoms with E-state index in [0.717, 1.165) is 0 Å². The Labute approximate surface area is 122 Å². The van der Waals surface area contributed by atoms with Gasteiger partial charge < -0.3 is 10.8 Å². The molecule has 21 heavy (non-hydrogen) atoms. The molecular formula is C13H8ClFN4O2. The SMILES string of the molecule is Nc1nc2cc(C(=O)O)c(-c3ccc(F)c(Cl)c3)cn2n1. The summed E-state index contributed by atoms with van der Waals surface area (Å²) in [6.07, 6.45) is 1.46. The lowest BCUT2D eigenvalue weighted by Crippen LogP contribution is -2.03. The van der Waals surface area contributed by atoms with E-state index < -0.39 is 11.8 Å². The van der Waals surface area contributed by atoms with Gasteiger partial charge in [-0.2, -0.15) is 4.98 Å². The predicted molar refractivity (Wildman–Crippen MR) is 74.8 cm³/mol. The first kappa shape index (κ1) is 13.3. The maximum Gasteiger partial charge on any atom is 0.336 e. The van der Waals surface area contributed by atoms with Gasteiger partial charge in [0.15, 0.2) is 5.65 Å². The summed E-state index contributed by atoms with van der Waals surface area (Å²) in [4.78, 5) is 15.3. The van der Waals surface area contributed by atoms with Crippen molar-refractivity contribution >= 4 is 29.2 Å². The molecule has 0 saturated heterocycles. The molecule has 2 heterocycles. The van der Waals surface area contributed by atoms with Gasteiger partial charge >= 0.3 is 5.97 Å². The van der Waals surface area contributed by atoms with Crippen LogP contribution in [0.15, 0.2) is 30.5 Å². The number of hydrogen-bond donors (Lipinski definition) is 2. The molecule has 8 heteroatoms. The topological polar surface area (TPSA) is 93.5 Å². The highest BCUT2D eigenvalue weighted by Gasteiger charge is 2.16. The quantitative estimate of drug-likeness (QED) is 0.758. The standard InChI is InChI=1S/C13H8ClFN4O2/c14-9-3-6(1-2-10(9)15)8-5-19-11(17-13(16)18-19)4-7(8)12(20)21/h1-5H,(H2,16,18)(H,20,21). The predicted octanol–water partition coefficient (Wildman–Crippen LogP) is 2.47. The van der Waals surface area contributed by atoms with Crippen LogP contribution in [0.4, 0.5) is 10.3 Å². The minimum absolute atomic E-state index is 0.00225. The number of aromatic nitrogens is 3. The second kappa shape index (κ2) is 4.71. The Morgan fingerprint density at radius 2 is 2.14 bits per heavy atom. The Morgan fingerprint density at radius 3 is 2.81 bits per heavy atom. The molecule has 0 bridgehead atoms. The summed E-state index contributed by atoms with van der Waals surface area (Å²) < 4.78 is 14.6. The number of carboxylic acids is 1. The fourth-order valence-electron chi connectivity index (χ4n) is 2.02. The zero-order valence-corrected chi connectivity index (χ0v) is 11.2. The molecule has 0 unspecified atom stereocenters. The van der Waals surface area contributed by atoms with Gasteiger partial charge in [0.2, 0.25) is 5.95 Å². The number of nitrogens with zero attached hydrogens (tertiary/aromatic N) is 3. The number of rotatable bonds is 2. The molecular weight excluding hydrogens is 299 g/mol. The Bertz CT molecular complexity index is 878. The van der Waals surface area contributed by atoms with Gasteiger partial charge in [0.25, 0.3) is 0 Å². The van der Waals surface area contributed by atoms with Crippen molar-refractivity contribution in [2.45, 2.75) is 0 Å². The number of halogens is 2. The van der Waals surface area contributed by atoms with Crippen molar-refractivity contribution in [2.75, 3.05) is 5.73 Å². The van der Waals surface area contributed by atoms with Gasteiger partial charge in [-0.05, 0) is 23.8 Å². The van der Waals surface area contributed by atoms with E-state index >= 15 is 0 Å². The van der Waals surface area contributed by atoms with Gasteiger partial charge in [-0.3, -0.25) is 0 Å². The molecule has 0 aliphatic carbocycles. The van der Waals surface area contributed by atoms with Crippen LogP contribution in [0.5, 0.6) is 0 Å². The van der Waals surface area contributed by atoms with Crippen molar-refractivity contribution in [1.29, 1.82) is 0 Å². The van der Waals surface area contributed by atoms with Crippen LogP contribution in [0.1, 0.15) is 10.4 Å². The summed E-state index contributed by atoms with van der Waals surface area (Å²) >= 11 is 5.74. The lowest BCUT2D eigenvalue weighted by atomic mass is 10.0. The highest BCUT2D eigenvalue weighted by atomic mass is 35.5. The minimum atomic E-state index is -1.14. The van der Waals surface area contributed by atoms with Crippen molar-refractivity contribution in [3.63, 3.8) is 0 Å². The molecule has 0 aliphatic heterocycles. The van der Waals surface area contributed by atoms with Crippen LogP contribution in [-0.2, 0) is 0 Å². The molecule has 1 aromatic carbocycles. The second-order valence-corrected chi connectivity index (χ2v) is 4.71. The van der Waals surface area contributed by atoms with Gasteiger partial charge in [-0.15, -0.1) is 5.10 Å². The van der Waals surface area contributed by atoms with Crippen LogP contribution in [0.25, 0.3) is 16.8 Å². The zero-order chi connectivity index (χ0) is 15.1. The third-order valence-corrected chi connectivity index (χ3v) is 3.24. The summed E-state index contributed by atoms with van der Waals surface area (Å²) in [5, 5.41) is 13.1. The van der Waals surface area contributed by atoms with Crippen LogP contribution in [0.2, 0.25) is 5.02 Å². The Balaban J connectivity index is 2.30. The van der Waals surface area contributed by atoms with Crippen molar-refractivity contribution in [3.8, 4) is 11.1 Å². The molecule has 6 nitrogen and oxygen atoms in total. The number of aromatic carboxylic acids is 1. The highest BCUT2D eigenvalue weighted by Crippen LogP contribution is 2.28. The van der Waals surface area contributed by atoms with Crippen LogP contribution in [-0.4, -0.2) is 25.7 Å². The molecule has 0 fully saturated rings. The first-order valence-corrected chi connectivity index (χ1v) is 6.18. The van der Waals surface area contributed by atoms with Gasteiger partial charge in [-0.1, -0.05) is 17.7 Å². The van der Waals surface area contributed by atoms with Crippen molar-refractivity contribution in [1.82, 2.24) is 14.6 Å². The maximum absolute atomic E-state index is 13.2. The van der Waals surface area contributed by atoms with Crippen LogP contribution in [0, 0.1) is 5.82 Å². The first-order chi connectivity index (χ1) is 9.95. The van der Waals surface area contributed by atoms with Gasteiger partial charge in [-0.25, -0.2) is 13.7 Å². The van der Waals surface area contributed by atoms with E-state index in [-0.39, 0.29) is 16.5 Å². The van der Waals surface area contributed by atoms with Crippen molar-refractivity contribution < 1.29 is 14.3 Å². The highest BCUT2D eigenvalue weighted by molar-refractivity contribution is 6.31. The molecule has 0 amide bonds. The normalized spacial score (nSPS) is 11.0. The molecule has 3 rings (SSSR count). The number of anilines is 1. The van der Waals surface area contributed by atoms with Gasteiger partial charge in [0.05, 0.1) is 10.6 Å². The summed E-state index contributed by atoms with van der Waals surface area (Å²) in [5.41, 5.74) is 6.58. The molecule has 0 saturated carbocycles. The summed E-state index contributed by atoms with van der Waals surface area (Å²) in [6.45, 7) is 0. The van der Waals surface area contributed by atoms with E-state index in [2.05, 4.69) is 10.1 Å². The molecule has 2 aromatic heterocycles. The van der Waals surface area contributed by atoms with Crippen LogP contribution in [0.3, 0.4) is 0 Å². The number of nitrogens with two attached hydrogens (primary N) is 1. The van der Waals surface area contributed by atoms with Gasteiger partial charge in [0, 0.05) is 11.8 Å². The van der Waals surface area contributed by atoms with Crippen LogP contribution < -0.4 is 5.73 Å². The smallest absolute Gasteiger partial charge is 0.336 e. The molecule has 0 spiro atoms. The Morgan fingerprint density at radius 1 is 1.38 bits per heavy atom. The van der Waals surface area contributed by atoms with E-state index in [1.54, 1.807) is 0 Å². The average molecular weight is 307 g/mol. The lowest BCUT2D eigenvalue weighted by molar-refractivity contribution is 0.0697. The summed E-state index contributed by atoms with van der Waals surface area (Å²) in [7, 11) is 0. The number of benzene rings is 1. The number of carbonyl (C=O) groups is 1. The number of nitrogen functional groups attached to an aromatic ring is 1. The third-order valence-electron chi connectivity index (χ3n) is 2.95. The number of fused-ring (bicyclic) bond motifs is 1. The molecule has 3 aromatic rings. The minimum Gasteiger partial charge on any atom is -0.478 e. The number of hydrogen-bond acceptors (Lipinski definition) is 4.